The van der Waals surface area contributed by atoms with Crippen molar-refractivity contribution in [2.24, 2.45) is 0 Å². The molecule has 0 saturated carbocycles. The van der Waals surface area contributed by atoms with Gasteiger partial charge in [-0.1, -0.05) is 28.9 Å². The van der Waals surface area contributed by atoms with E-state index < -0.39 is 0 Å². The Labute approximate surface area is 111 Å². The fraction of sp³-hybridized carbons (Fsp3) is 0.357. The van der Waals surface area contributed by atoms with Gasteiger partial charge in [-0.25, -0.2) is 0 Å². The van der Waals surface area contributed by atoms with Crippen LogP contribution in [0.4, 0.5) is 0 Å². The van der Waals surface area contributed by atoms with E-state index in [9.17, 15) is 4.79 Å². The third kappa shape index (κ3) is 3.70. The third-order valence-electron chi connectivity index (χ3n) is 2.54. The quantitative estimate of drug-likeness (QED) is 0.757. The van der Waals surface area contributed by atoms with Gasteiger partial charge in [0.2, 0.25) is 0 Å². The molecule has 0 aliphatic carbocycles. The van der Waals surface area contributed by atoms with E-state index in [1.165, 1.54) is 0 Å². The van der Waals surface area contributed by atoms with E-state index >= 15 is 0 Å². The topological polar surface area (TPSA) is 20.3 Å². The molecule has 0 atom stereocenters. The van der Waals surface area contributed by atoms with Crippen LogP contribution in [0.2, 0.25) is 0 Å². The van der Waals surface area contributed by atoms with Crippen LogP contribution in [0.1, 0.15) is 29.3 Å². The summed E-state index contributed by atoms with van der Waals surface area (Å²) in [5.41, 5.74) is 1.81. The lowest BCUT2D eigenvalue weighted by Crippen LogP contribution is -2.31. The Kier molecular flexibility index (Phi) is 5.42. The molecule has 1 aromatic carbocycles. The molecule has 0 N–H and O–H groups in total. The Balaban J connectivity index is 2.92. The number of halogens is 1. The van der Waals surface area contributed by atoms with E-state index in [2.05, 4.69) is 29.4 Å². The van der Waals surface area contributed by atoms with E-state index in [0.29, 0.717) is 6.54 Å². The predicted octanol–water partition coefficient (Wildman–Crippen LogP) is 3.80. The van der Waals surface area contributed by atoms with E-state index in [4.69, 9.17) is 0 Å². The molecule has 3 heteroatoms. The van der Waals surface area contributed by atoms with Crippen LogP contribution in [0, 0.1) is 6.92 Å². The molecule has 0 aliphatic rings. The number of benzene rings is 1. The van der Waals surface area contributed by atoms with Gasteiger partial charge in [0.1, 0.15) is 0 Å². The van der Waals surface area contributed by atoms with Gasteiger partial charge in [-0.05, 0) is 37.1 Å². The average molecular weight is 296 g/mol. The molecule has 0 heterocycles. The Hall–Kier alpha value is -1.09. The molecular formula is C14H18BrNO. The molecule has 0 spiro atoms. The van der Waals surface area contributed by atoms with Crippen molar-refractivity contribution in [2.45, 2.75) is 20.3 Å². The Bertz CT molecular complexity index is 415. The number of nitrogens with zero attached hydrogens (tertiary/aromatic N) is 1. The first-order chi connectivity index (χ1) is 8.10. The van der Waals surface area contributed by atoms with Gasteiger partial charge in [-0.15, -0.1) is 6.58 Å². The van der Waals surface area contributed by atoms with Gasteiger partial charge in [0, 0.05) is 23.1 Å². The first-order valence-corrected chi connectivity index (χ1v) is 6.55. The van der Waals surface area contributed by atoms with Crippen molar-refractivity contribution in [3.8, 4) is 0 Å². The monoisotopic (exact) mass is 295 g/mol. The Morgan fingerprint density at radius 1 is 1.53 bits per heavy atom. The van der Waals surface area contributed by atoms with Gasteiger partial charge >= 0.3 is 0 Å². The third-order valence-corrected chi connectivity index (χ3v) is 3.42. The molecule has 0 saturated heterocycles. The molecule has 0 unspecified atom stereocenters. The van der Waals surface area contributed by atoms with Crippen molar-refractivity contribution in [3.63, 3.8) is 0 Å². The Morgan fingerprint density at radius 2 is 2.24 bits per heavy atom. The highest BCUT2D eigenvalue weighted by molar-refractivity contribution is 9.10. The number of rotatable bonds is 5. The van der Waals surface area contributed by atoms with Gasteiger partial charge < -0.3 is 4.90 Å². The van der Waals surface area contributed by atoms with Crippen molar-refractivity contribution in [3.05, 3.63) is 46.5 Å². The Morgan fingerprint density at radius 3 is 2.76 bits per heavy atom. The molecular weight excluding hydrogens is 278 g/mol. The summed E-state index contributed by atoms with van der Waals surface area (Å²) >= 11 is 3.44. The van der Waals surface area contributed by atoms with Gasteiger partial charge in [0.15, 0.2) is 0 Å². The first kappa shape index (κ1) is 14.0. The normalized spacial score (nSPS) is 10.1. The number of carbonyl (C=O) groups excluding carboxylic acids is 1. The second-order valence-corrected chi connectivity index (χ2v) is 4.86. The van der Waals surface area contributed by atoms with Crippen LogP contribution in [0.3, 0.4) is 0 Å². The molecule has 1 amide bonds. The molecule has 0 fully saturated rings. The summed E-state index contributed by atoms with van der Waals surface area (Å²) in [4.78, 5) is 14.1. The van der Waals surface area contributed by atoms with Gasteiger partial charge in [0.25, 0.3) is 5.91 Å². The van der Waals surface area contributed by atoms with Crippen molar-refractivity contribution >= 4 is 21.8 Å². The fourth-order valence-electron chi connectivity index (χ4n) is 1.66. The molecule has 0 aliphatic heterocycles. The molecule has 0 radical (unpaired) electrons. The molecule has 92 valence electrons. The number of aryl methyl sites for hydroxylation is 1. The van der Waals surface area contributed by atoms with E-state index in [0.717, 1.165) is 28.6 Å². The van der Waals surface area contributed by atoms with Gasteiger partial charge in [0.05, 0.1) is 0 Å². The number of amides is 1. The summed E-state index contributed by atoms with van der Waals surface area (Å²) in [6.45, 7) is 9.10. The molecule has 1 aromatic rings. The summed E-state index contributed by atoms with van der Waals surface area (Å²) in [6, 6.07) is 5.68. The minimum atomic E-state index is 0.0716. The van der Waals surface area contributed by atoms with Crippen molar-refractivity contribution in [1.82, 2.24) is 4.90 Å². The SMILES string of the molecule is C=CCN(CCC)C(=O)c1ccc(Br)c(C)c1. The molecule has 17 heavy (non-hydrogen) atoms. The standard InChI is InChI=1S/C14H18BrNO/c1-4-8-16(9-5-2)14(17)12-6-7-13(15)11(3)10-12/h4,6-7,10H,1,5,8-9H2,2-3H3. The van der Waals surface area contributed by atoms with Crippen LogP contribution >= 0.6 is 15.9 Å². The highest BCUT2D eigenvalue weighted by Crippen LogP contribution is 2.18. The molecule has 2 nitrogen and oxygen atoms in total. The minimum Gasteiger partial charge on any atom is -0.335 e. The van der Waals surface area contributed by atoms with Crippen LogP contribution in [-0.2, 0) is 0 Å². The minimum absolute atomic E-state index is 0.0716. The van der Waals surface area contributed by atoms with Crippen molar-refractivity contribution in [2.75, 3.05) is 13.1 Å². The maximum Gasteiger partial charge on any atom is 0.254 e. The summed E-state index contributed by atoms with van der Waals surface area (Å²) in [7, 11) is 0. The van der Waals surface area contributed by atoms with Crippen molar-refractivity contribution in [1.29, 1.82) is 0 Å². The average Bonchev–Trinajstić information content (AvgIpc) is 2.31. The first-order valence-electron chi connectivity index (χ1n) is 5.76. The summed E-state index contributed by atoms with van der Waals surface area (Å²) in [5.74, 6) is 0.0716. The zero-order valence-electron chi connectivity index (χ0n) is 10.4. The van der Waals surface area contributed by atoms with E-state index in [-0.39, 0.29) is 5.91 Å². The zero-order valence-corrected chi connectivity index (χ0v) is 12.0. The lowest BCUT2D eigenvalue weighted by atomic mass is 10.1. The smallest absolute Gasteiger partial charge is 0.254 e. The van der Waals surface area contributed by atoms with E-state index in [1.54, 1.807) is 6.08 Å². The van der Waals surface area contributed by atoms with Gasteiger partial charge in [-0.2, -0.15) is 0 Å². The summed E-state index contributed by atoms with van der Waals surface area (Å²) < 4.78 is 1.03. The zero-order chi connectivity index (χ0) is 12.8. The van der Waals surface area contributed by atoms with Crippen LogP contribution in [-0.4, -0.2) is 23.9 Å². The predicted molar refractivity (Wildman–Crippen MR) is 75.3 cm³/mol. The molecule has 0 aromatic heterocycles. The summed E-state index contributed by atoms with van der Waals surface area (Å²) in [5, 5.41) is 0. The van der Waals surface area contributed by atoms with Crippen LogP contribution < -0.4 is 0 Å². The second kappa shape index (κ2) is 6.60. The number of hydrogen-bond donors (Lipinski definition) is 0. The highest BCUT2D eigenvalue weighted by atomic mass is 79.9. The maximum atomic E-state index is 12.3. The van der Waals surface area contributed by atoms with Crippen LogP contribution in [0.25, 0.3) is 0 Å². The van der Waals surface area contributed by atoms with Crippen molar-refractivity contribution < 1.29 is 4.79 Å². The highest BCUT2D eigenvalue weighted by Gasteiger charge is 2.14. The van der Waals surface area contributed by atoms with Gasteiger partial charge in [-0.3, -0.25) is 4.79 Å². The second-order valence-electron chi connectivity index (χ2n) is 4.00. The maximum absolute atomic E-state index is 12.3. The largest absolute Gasteiger partial charge is 0.335 e. The molecule has 1 rings (SSSR count). The van der Waals surface area contributed by atoms with E-state index in [1.807, 2.05) is 30.0 Å². The lowest BCUT2D eigenvalue weighted by molar-refractivity contribution is 0.0774. The number of hydrogen-bond acceptors (Lipinski definition) is 1. The molecule has 0 bridgehead atoms. The van der Waals surface area contributed by atoms with Crippen LogP contribution in [0.5, 0.6) is 0 Å². The lowest BCUT2D eigenvalue weighted by Gasteiger charge is -2.20. The number of carbonyl (C=O) groups is 1. The van der Waals surface area contributed by atoms with Crippen LogP contribution in [0.15, 0.2) is 35.3 Å². The summed E-state index contributed by atoms with van der Waals surface area (Å²) in [6.07, 6.45) is 2.72. The fourth-order valence-corrected chi connectivity index (χ4v) is 1.91.